The number of Topliss-reactive ketones (excluding diaryl/α,β-unsaturated/α-hetero) is 10. The van der Waals surface area contributed by atoms with Crippen molar-refractivity contribution in [3.05, 3.63) is 174 Å². The van der Waals surface area contributed by atoms with Crippen LogP contribution in [0, 0.1) is 29.6 Å². The Labute approximate surface area is 750 Å². The zero-order valence-corrected chi connectivity index (χ0v) is 77.3. The SMILES string of the molecule is CC(=O)[C@@H]1N2C(=O)[C@@H](CC(=O)C(N)c3ccc(O)cc3)[C@H]2SC1(C)C.CC(=O)[C@@H]1N2C(=O)[C@@H](CC(=O)C(N)c3ccccc3)[C@H]2SC1(C)C.CC(=O)[C@@H]1N2C(=O)[C@@H](CC(=O)COc3ccccc3)[C@H]2SC1(C)C.CC(=O)[C@@H]1N2C(=O)[C@@H](CC(=O)Cc3ccccc3)[C@H]2SC1(C)C.CCOc1ccc2cccc(C(=O)C[C@@H]3C(=O)N4[C@@H]3SC(C)(C)[C@@H]4C(C)=O)c2c1. The fourth-order valence-electron chi connectivity index (χ4n) is 19.3. The van der Waals surface area contributed by atoms with Gasteiger partial charge in [-0.25, -0.2) is 0 Å². The Morgan fingerprint density at radius 1 is 0.384 bits per heavy atom. The molecule has 10 aliphatic heterocycles. The number of aromatic hydroxyl groups is 1. The molecule has 125 heavy (non-hydrogen) atoms. The van der Waals surface area contributed by atoms with Crippen LogP contribution in [0.5, 0.6) is 17.2 Å². The Morgan fingerprint density at radius 3 is 1.09 bits per heavy atom. The zero-order chi connectivity index (χ0) is 91.3. The fraction of sp³-hybridized carbons (Fsp3) is 0.484. The van der Waals surface area contributed by atoms with Crippen LogP contribution >= 0.6 is 58.8 Å². The molecule has 2 unspecified atom stereocenters. The summed E-state index contributed by atoms with van der Waals surface area (Å²) in [5.41, 5.74) is 15.0. The maximum Gasteiger partial charge on any atom is 0.230 e. The fourth-order valence-corrected chi connectivity index (χ4v) is 28.1. The quantitative estimate of drug-likeness (QED) is 0.0318. The summed E-state index contributed by atoms with van der Waals surface area (Å²) in [5, 5.41) is 10.7. The van der Waals surface area contributed by atoms with Crippen LogP contribution in [-0.4, -0.2) is 211 Å². The number of nitrogens with two attached hydrogens (primary N) is 2. The molecule has 5 N–H and O–H groups in total. The van der Waals surface area contributed by atoms with Gasteiger partial charge in [-0.2, -0.15) is 0 Å². The molecule has 0 radical (unpaired) electrons. The summed E-state index contributed by atoms with van der Waals surface area (Å²) >= 11 is 8.07. The number of ketones is 10. The molecule has 30 heteroatoms. The van der Waals surface area contributed by atoms with Crippen molar-refractivity contribution in [2.24, 2.45) is 41.1 Å². The highest BCUT2D eigenvalue weighted by Crippen LogP contribution is 2.59. The number of thioether (sulfide) groups is 5. The summed E-state index contributed by atoms with van der Waals surface area (Å²) in [4.78, 5) is 193. The molecule has 6 aromatic rings. The minimum atomic E-state index is -0.828. The van der Waals surface area contributed by atoms with E-state index >= 15 is 0 Å². The molecule has 5 amide bonds. The number of phenols is 1. The van der Waals surface area contributed by atoms with Crippen LogP contribution in [-0.2, 0) is 73.5 Å². The van der Waals surface area contributed by atoms with Crippen LogP contribution in [0.15, 0.2) is 152 Å². The molecule has 664 valence electrons. The molecule has 10 saturated heterocycles. The normalized spacial score (nSPS) is 27.4. The lowest BCUT2D eigenvalue weighted by Crippen LogP contribution is -2.62. The van der Waals surface area contributed by atoms with Crippen LogP contribution in [0.1, 0.15) is 182 Å². The molecule has 0 bridgehead atoms. The van der Waals surface area contributed by atoms with Crippen LogP contribution in [0.2, 0.25) is 0 Å². The number of nitrogens with zero attached hydrogens (tertiary/aromatic N) is 5. The third kappa shape index (κ3) is 19.3. The molecule has 10 fully saturated rings. The van der Waals surface area contributed by atoms with E-state index in [0.717, 1.165) is 27.6 Å². The summed E-state index contributed by atoms with van der Waals surface area (Å²) in [6, 6.07) is 41.9. The van der Waals surface area contributed by atoms with Gasteiger partial charge < -0.3 is 50.5 Å². The number of hydrogen-bond donors (Lipinski definition) is 3. The van der Waals surface area contributed by atoms with Gasteiger partial charge in [-0.15, -0.1) is 58.8 Å². The average molecular weight is 1800 g/mol. The number of amides is 5. The molecule has 10 aliphatic rings. The molecule has 17 atom stereocenters. The smallest absolute Gasteiger partial charge is 0.230 e. The first-order chi connectivity index (χ1) is 58.7. The Bertz CT molecular complexity index is 5240. The van der Waals surface area contributed by atoms with Crippen LogP contribution in [0.3, 0.4) is 0 Å². The predicted octanol–water partition coefficient (Wildman–Crippen LogP) is 12.4. The van der Waals surface area contributed by atoms with Crippen molar-refractivity contribution < 1.29 is 86.5 Å². The summed E-state index contributed by atoms with van der Waals surface area (Å²) < 4.78 is 9.41. The van der Waals surface area contributed by atoms with E-state index in [0.29, 0.717) is 29.9 Å². The molecule has 6 aromatic carbocycles. The van der Waals surface area contributed by atoms with Gasteiger partial charge in [-0.3, -0.25) is 71.9 Å². The van der Waals surface area contributed by atoms with Crippen molar-refractivity contribution in [1.82, 2.24) is 24.5 Å². The van der Waals surface area contributed by atoms with Gasteiger partial charge in [0, 0.05) is 67.8 Å². The van der Waals surface area contributed by atoms with Crippen molar-refractivity contribution in [2.45, 2.75) is 242 Å². The van der Waals surface area contributed by atoms with Gasteiger partial charge in [-0.05, 0) is 175 Å². The molecule has 0 saturated carbocycles. The minimum Gasteiger partial charge on any atom is -0.508 e. The highest BCUT2D eigenvalue weighted by atomic mass is 32.2. The molecular formula is C95H111N7O18S5. The van der Waals surface area contributed by atoms with Crippen LogP contribution < -0.4 is 20.9 Å². The molecule has 0 aliphatic carbocycles. The number of carbonyl (C=O) groups is 15. The van der Waals surface area contributed by atoms with Gasteiger partial charge in [0.15, 0.2) is 52.0 Å². The first kappa shape index (κ1) is 94.8. The number of fused-ring (bicyclic) bond motifs is 6. The van der Waals surface area contributed by atoms with Gasteiger partial charge in [0.2, 0.25) is 29.5 Å². The average Bonchev–Trinajstić information content (AvgIpc) is 1.59. The lowest BCUT2D eigenvalue weighted by Gasteiger charge is -2.44. The van der Waals surface area contributed by atoms with Gasteiger partial charge >= 0.3 is 0 Å². The Balaban J connectivity index is 0.000000143. The number of ether oxygens (including phenoxy) is 2. The van der Waals surface area contributed by atoms with Gasteiger partial charge in [-0.1, -0.05) is 115 Å². The number of rotatable bonds is 27. The van der Waals surface area contributed by atoms with E-state index in [1.807, 2.05) is 191 Å². The van der Waals surface area contributed by atoms with E-state index in [1.165, 1.54) is 46.8 Å². The van der Waals surface area contributed by atoms with Crippen molar-refractivity contribution in [1.29, 1.82) is 0 Å². The Kier molecular flexibility index (Phi) is 28.5. The van der Waals surface area contributed by atoms with Crippen molar-refractivity contribution in [3.8, 4) is 17.2 Å². The third-order valence-corrected chi connectivity index (χ3v) is 32.9. The van der Waals surface area contributed by atoms with E-state index in [2.05, 4.69) is 0 Å². The zero-order valence-electron chi connectivity index (χ0n) is 73.2. The second-order valence-corrected chi connectivity index (χ2v) is 45.0. The van der Waals surface area contributed by atoms with E-state index in [4.69, 9.17) is 20.9 Å². The number of phenolic OH excluding ortho intramolecular Hbond substituents is 1. The second kappa shape index (κ2) is 37.6. The van der Waals surface area contributed by atoms with Crippen molar-refractivity contribution >= 4 is 157 Å². The highest BCUT2D eigenvalue weighted by molar-refractivity contribution is 8.02. The van der Waals surface area contributed by atoms with Gasteiger partial charge in [0.1, 0.15) is 59.8 Å². The Morgan fingerprint density at radius 2 is 0.720 bits per heavy atom. The number of para-hydroxylation sites is 1. The topological polar surface area (TPSA) is 363 Å². The van der Waals surface area contributed by atoms with Gasteiger partial charge in [0.05, 0.1) is 75.1 Å². The summed E-state index contributed by atoms with van der Waals surface area (Å²) in [6.45, 7) is 29.9. The number of hydrogen-bond acceptors (Lipinski definition) is 25. The first-order valence-corrected chi connectivity index (χ1v) is 46.5. The lowest BCUT2D eigenvalue weighted by atomic mass is 9.85. The van der Waals surface area contributed by atoms with E-state index in [-0.39, 0.29) is 212 Å². The molecular weight excluding hydrogens is 1690 g/mol. The summed E-state index contributed by atoms with van der Waals surface area (Å²) in [6.07, 6.45) is 1.15. The third-order valence-electron chi connectivity index (χ3n) is 24.8. The maximum absolute atomic E-state index is 13.2. The predicted molar refractivity (Wildman–Crippen MR) is 484 cm³/mol. The molecule has 16 rings (SSSR count). The number of β-lactam (4-membered cyclic amide) rings is 5. The molecule has 0 aromatic heterocycles. The summed E-state index contributed by atoms with van der Waals surface area (Å²) in [7, 11) is 0. The molecule has 0 spiro atoms. The number of carbonyl (C=O) groups excluding carboxylic acids is 15. The monoisotopic (exact) mass is 1800 g/mol. The second-order valence-electron chi connectivity index (χ2n) is 36.2. The number of benzene rings is 6. The van der Waals surface area contributed by atoms with E-state index in [1.54, 1.807) is 108 Å². The minimum absolute atomic E-state index is 0.000498. The first-order valence-electron chi connectivity index (χ1n) is 42.1. The Hall–Kier alpha value is -9.30. The highest BCUT2D eigenvalue weighted by Gasteiger charge is 2.68. The largest absolute Gasteiger partial charge is 0.508 e. The molecule has 25 nitrogen and oxygen atoms in total. The molecule has 10 heterocycles. The maximum atomic E-state index is 13.2. The van der Waals surface area contributed by atoms with E-state index < -0.39 is 42.2 Å². The van der Waals surface area contributed by atoms with Crippen molar-refractivity contribution in [3.63, 3.8) is 0 Å². The van der Waals surface area contributed by atoms with Crippen LogP contribution in [0.25, 0.3) is 10.8 Å². The summed E-state index contributed by atoms with van der Waals surface area (Å²) in [5.74, 6) is -1.22. The standard InChI is InChI=1S/C23H25NO4S.C18H22N2O4S.C18H22N2O3S.C18H21NO4S.C18H21NO3S/c1-5-28-15-10-9-14-7-6-8-16(17(14)11-15)19(26)12-18-21(27)24-20(13(2)25)23(3,4)29-22(18)24;1-9(21)15-18(2,3)25-17-12(16(24)20(15)17)8-13(23)14(19)10-4-6-11(22)7-5-10;1-10(21)15-18(2,3)24-17-12(16(23)20(15)17)9-13(22)14(19)11-7-5-4-6-8-11;1-11(20)15-18(2,3)24-17-14(16(22)19(15)17)9-12(21)10-23-13-7-5-4-6-8-13;1-11(20)15-18(2,3)23-17-14(16(22)19(15)17)10-13(21)9-12-7-5-4-6-8-12/h6-11,18,20,22H,5,12H2,1-4H3;4-7,12,14-15,17,22H,8,19H2,1-3H3;4-8,12,14-15,17H,9,19H2,1-3H3;4-8,14-15,17H,9-10H2,1-3H3;4-8,14-15,17H,9-10H2,1-3H3/t18-,20+,22-;2*12-,14?,15+,17-;2*14-,15+,17-/m11111/s1. The van der Waals surface area contributed by atoms with Gasteiger partial charge in [0.25, 0.3) is 0 Å². The van der Waals surface area contributed by atoms with Crippen LogP contribution in [0.4, 0.5) is 0 Å². The van der Waals surface area contributed by atoms with Crippen molar-refractivity contribution in [2.75, 3.05) is 13.2 Å². The lowest BCUT2D eigenvalue weighted by molar-refractivity contribution is -0.158. The van der Waals surface area contributed by atoms with E-state index in [9.17, 15) is 77.0 Å².